The summed E-state index contributed by atoms with van der Waals surface area (Å²) in [6, 6.07) is 0. The molecule has 4 heteroatoms. The van der Waals surface area contributed by atoms with E-state index in [4.69, 9.17) is 5.11 Å². The summed E-state index contributed by atoms with van der Waals surface area (Å²) >= 11 is 1.30. The van der Waals surface area contributed by atoms with Crippen LogP contribution in [0.25, 0.3) is 0 Å². The maximum absolute atomic E-state index is 10.3. The normalized spacial score (nSPS) is 12.6. The number of aliphatic hydroxyl groups excluding tert-OH is 1. The third-order valence-corrected chi connectivity index (χ3v) is 4.00. The van der Waals surface area contributed by atoms with Crippen LogP contribution in [-0.2, 0) is 4.79 Å². The van der Waals surface area contributed by atoms with E-state index in [0.717, 1.165) is 12.8 Å². The molecule has 0 bridgehead atoms. The molecular formula is C14H28O3S. The molecule has 0 saturated carbocycles. The van der Waals surface area contributed by atoms with Gasteiger partial charge in [0.25, 0.3) is 0 Å². The fourth-order valence-electron chi connectivity index (χ4n) is 1.88. The molecule has 1 unspecified atom stereocenters. The molecule has 0 aromatic heterocycles. The van der Waals surface area contributed by atoms with Crippen molar-refractivity contribution in [1.82, 2.24) is 0 Å². The van der Waals surface area contributed by atoms with Crippen LogP contribution in [0.15, 0.2) is 0 Å². The van der Waals surface area contributed by atoms with Crippen LogP contribution < -0.4 is 0 Å². The fraction of sp³-hybridized carbons (Fsp3) is 0.929. The number of carboxylic acids is 1. The number of rotatable bonds is 13. The SMILES string of the molecule is CCCCCCCCCCC(O)CSCC(=O)O. The van der Waals surface area contributed by atoms with Gasteiger partial charge in [0.1, 0.15) is 0 Å². The summed E-state index contributed by atoms with van der Waals surface area (Å²) in [5.74, 6) is -0.170. The van der Waals surface area contributed by atoms with Crippen molar-refractivity contribution in [3.8, 4) is 0 Å². The molecule has 3 nitrogen and oxygen atoms in total. The molecule has 0 aliphatic heterocycles. The second-order valence-corrected chi connectivity index (χ2v) is 5.86. The van der Waals surface area contributed by atoms with E-state index in [1.807, 2.05) is 0 Å². The Labute approximate surface area is 115 Å². The van der Waals surface area contributed by atoms with Crippen molar-refractivity contribution in [2.24, 2.45) is 0 Å². The summed E-state index contributed by atoms with van der Waals surface area (Å²) in [6.45, 7) is 2.23. The van der Waals surface area contributed by atoms with Crippen molar-refractivity contribution in [2.45, 2.75) is 70.8 Å². The largest absolute Gasteiger partial charge is 0.481 e. The number of hydrogen-bond donors (Lipinski definition) is 2. The lowest BCUT2D eigenvalue weighted by Crippen LogP contribution is -2.11. The highest BCUT2D eigenvalue weighted by Crippen LogP contribution is 2.12. The van der Waals surface area contributed by atoms with Gasteiger partial charge in [0.15, 0.2) is 0 Å². The zero-order valence-corrected chi connectivity index (χ0v) is 12.4. The Kier molecular flexibility index (Phi) is 13.1. The van der Waals surface area contributed by atoms with Crippen LogP contribution in [0.4, 0.5) is 0 Å². The minimum Gasteiger partial charge on any atom is -0.481 e. The van der Waals surface area contributed by atoms with Crippen molar-refractivity contribution >= 4 is 17.7 Å². The zero-order valence-electron chi connectivity index (χ0n) is 11.6. The lowest BCUT2D eigenvalue weighted by molar-refractivity contribution is -0.133. The van der Waals surface area contributed by atoms with Gasteiger partial charge in [0.2, 0.25) is 0 Å². The Morgan fingerprint density at radius 2 is 1.61 bits per heavy atom. The highest BCUT2D eigenvalue weighted by molar-refractivity contribution is 7.99. The summed E-state index contributed by atoms with van der Waals surface area (Å²) in [5, 5.41) is 18.1. The molecule has 0 fully saturated rings. The van der Waals surface area contributed by atoms with Gasteiger partial charge in [-0.3, -0.25) is 4.79 Å². The molecule has 2 N–H and O–H groups in total. The van der Waals surface area contributed by atoms with E-state index < -0.39 is 5.97 Å². The average molecular weight is 276 g/mol. The Bertz CT molecular complexity index is 197. The van der Waals surface area contributed by atoms with E-state index in [2.05, 4.69) is 6.92 Å². The van der Waals surface area contributed by atoms with Crippen LogP contribution in [-0.4, -0.2) is 33.8 Å². The van der Waals surface area contributed by atoms with E-state index in [1.165, 1.54) is 56.7 Å². The molecule has 1 atom stereocenters. The summed E-state index contributed by atoms with van der Waals surface area (Å²) in [7, 11) is 0. The van der Waals surface area contributed by atoms with Crippen LogP contribution >= 0.6 is 11.8 Å². The van der Waals surface area contributed by atoms with Crippen LogP contribution in [0.5, 0.6) is 0 Å². The number of hydrogen-bond acceptors (Lipinski definition) is 3. The van der Waals surface area contributed by atoms with Gasteiger partial charge in [-0.25, -0.2) is 0 Å². The van der Waals surface area contributed by atoms with Gasteiger partial charge >= 0.3 is 5.97 Å². The second kappa shape index (κ2) is 13.2. The van der Waals surface area contributed by atoms with Gasteiger partial charge in [-0.05, 0) is 6.42 Å². The molecule has 0 saturated heterocycles. The lowest BCUT2D eigenvalue weighted by atomic mass is 10.1. The number of thioether (sulfide) groups is 1. The molecule has 0 aliphatic rings. The number of unbranched alkanes of at least 4 members (excludes halogenated alkanes) is 7. The maximum atomic E-state index is 10.3. The monoisotopic (exact) mass is 276 g/mol. The number of carbonyl (C=O) groups is 1. The number of aliphatic hydroxyl groups is 1. The van der Waals surface area contributed by atoms with Gasteiger partial charge in [0.05, 0.1) is 11.9 Å². The van der Waals surface area contributed by atoms with Crippen molar-refractivity contribution in [3.63, 3.8) is 0 Å². The van der Waals surface area contributed by atoms with Crippen LogP contribution in [0, 0.1) is 0 Å². The van der Waals surface area contributed by atoms with Crippen LogP contribution in [0.2, 0.25) is 0 Å². The molecular weight excluding hydrogens is 248 g/mol. The molecule has 0 heterocycles. The molecule has 0 aromatic carbocycles. The first-order chi connectivity index (χ1) is 8.66. The Morgan fingerprint density at radius 3 is 2.17 bits per heavy atom. The number of aliphatic carboxylic acids is 1. The predicted octanol–water partition coefficient (Wildman–Crippen LogP) is 3.70. The van der Waals surface area contributed by atoms with Crippen LogP contribution in [0.1, 0.15) is 64.7 Å². The van der Waals surface area contributed by atoms with Gasteiger partial charge in [-0.2, -0.15) is 0 Å². The van der Waals surface area contributed by atoms with Crippen LogP contribution in [0.3, 0.4) is 0 Å². The van der Waals surface area contributed by atoms with Gasteiger partial charge in [-0.1, -0.05) is 58.3 Å². The standard InChI is InChI=1S/C14H28O3S/c1-2-3-4-5-6-7-8-9-10-13(15)11-18-12-14(16)17/h13,15H,2-12H2,1H3,(H,16,17). The van der Waals surface area contributed by atoms with Crippen molar-refractivity contribution in [3.05, 3.63) is 0 Å². The quantitative estimate of drug-likeness (QED) is 0.504. The summed E-state index contributed by atoms with van der Waals surface area (Å²) < 4.78 is 0. The van der Waals surface area contributed by atoms with E-state index in [0.29, 0.717) is 5.75 Å². The predicted molar refractivity (Wildman–Crippen MR) is 78.2 cm³/mol. The van der Waals surface area contributed by atoms with Gasteiger partial charge in [-0.15, -0.1) is 11.8 Å². The highest BCUT2D eigenvalue weighted by atomic mass is 32.2. The topological polar surface area (TPSA) is 57.5 Å². The van der Waals surface area contributed by atoms with E-state index >= 15 is 0 Å². The number of carboxylic acid groups (broad SMARTS) is 1. The van der Waals surface area contributed by atoms with E-state index in [9.17, 15) is 9.90 Å². The zero-order chi connectivity index (χ0) is 13.6. The molecule has 0 radical (unpaired) electrons. The van der Waals surface area contributed by atoms with E-state index in [-0.39, 0.29) is 11.9 Å². The van der Waals surface area contributed by atoms with Crippen molar-refractivity contribution in [1.29, 1.82) is 0 Å². The second-order valence-electron chi connectivity index (χ2n) is 4.83. The Balaban J connectivity index is 3.15. The first-order valence-corrected chi connectivity index (χ1v) is 8.30. The van der Waals surface area contributed by atoms with Crippen molar-refractivity contribution < 1.29 is 15.0 Å². The van der Waals surface area contributed by atoms with Crippen molar-refractivity contribution in [2.75, 3.05) is 11.5 Å². The third kappa shape index (κ3) is 13.8. The summed E-state index contributed by atoms with van der Waals surface area (Å²) in [5.41, 5.74) is 0. The molecule has 0 aliphatic carbocycles. The first kappa shape index (κ1) is 17.8. The Hall–Kier alpha value is -0.220. The molecule has 108 valence electrons. The summed E-state index contributed by atoms with van der Waals surface area (Å²) in [4.78, 5) is 10.3. The third-order valence-electron chi connectivity index (χ3n) is 2.93. The Morgan fingerprint density at radius 1 is 1.06 bits per heavy atom. The van der Waals surface area contributed by atoms with Gasteiger partial charge in [0, 0.05) is 5.75 Å². The fourth-order valence-corrected chi connectivity index (χ4v) is 2.61. The smallest absolute Gasteiger partial charge is 0.313 e. The summed E-state index contributed by atoms with van der Waals surface area (Å²) in [6.07, 6.45) is 10.6. The maximum Gasteiger partial charge on any atom is 0.313 e. The van der Waals surface area contributed by atoms with Gasteiger partial charge < -0.3 is 10.2 Å². The van der Waals surface area contributed by atoms with E-state index in [1.54, 1.807) is 0 Å². The first-order valence-electron chi connectivity index (χ1n) is 7.14. The molecule has 18 heavy (non-hydrogen) atoms. The lowest BCUT2D eigenvalue weighted by Gasteiger charge is -2.09. The molecule has 0 spiro atoms. The molecule has 0 rings (SSSR count). The minimum atomic E-state index is -0.806. The molecule has 0 aromatic rings. The average Bonchev–Trinajstić information content (AvgIpc) is 2.32. The minimum absolute atomic E-state index is 0.0918. The molecule has 0 amide bonds. The highest BCUT2D eigenvalue weighted by Gasteiger charge is 2.05.